The molecule has 1 aliphatic heterocycles. The maximum atomic E-state index is 13.5. The number of nitrogens with zero attached hydrogens (tertiary/aromatic N) is 2. The Morgan fingerprint density at radius 1 is 1.03 bits per heavy atom. The molecule has 2 N–H and O–H groups in total. The molecule has 1 aromatic carbocycles. The van der Waals surface area contributed by atoms with E-state index < -0.39 is 6.04 Å². The molecule has 4 fully saturated rings. The van der Waals surface area contributed by atoms with Crippen molar-refractivity contribution < 1.29 is 9.59 Å². The molecule has 4 bridgehead atoms. The summed E-state index contributed by atoms with van der Waals surface area (Å²) in [5.41, 5.74) is 2.54. The molecule has 2 heterocycles. The minimum absolute atomic E-state index is 0.0186. The van der Waals surface area contributed by atoms with Crippen LogP contribution in [0.15, 0.2) is 30.5 Å². The highest BCUT2D eigenvalue weighted by atomic mass is 16.2. The van der Waals surface area contributed by atoms with Gasteiger partial charge in [-0.1, -0.05) is 26.0 Å². The van der Waals surface area contributed by atoms with Gasteiger partial charge in [-0.25, -0.2) is 4.98 Å². The Bertz CT molecular complexity index is 1040. The second-order valence-electron chi connectivity index (χ2n) is 11.8. The summed E-state index contributed by atoms with van der Waals surface area (Å²) >= 11 is 0. The van der Waals surface area contributed by atoms with E-state index in [0.29, 0.717) is 17.8 Å². The monoisotopic (exact) mass is 460 g/mol. The van der Waals surface area contributed by atoms with Gasteiger partial charge in [0.1, 0.15) is 11.9 Å². The fourth-order valence-electron chi connectivity index (χ4n) is 7.56. The first-order valence-corrected chi connectivity index (χ1v) is 13.2. The number of nitrogens with one attached hydrogen (secondary N) is 2. The third-order valence-electron chi connectivity index (χ3n) is 8.86. The molecule has 4 saturated carbocycles. The highest BCUT2D eigenvalue weighted by molar-refractivity contribution is 5.98. The molecule has 4 aliphatic carbocycles. The van der Waals surface area contributed by atoms with Crippen LogP contribution in [-0.4, -0.2) is 27.4 Å². The Balaban J connectivity index is 1.12. The number of rotatable bonds is 6. The van der Waals surface area contributed by atoms with Crippen LogP contribution in [0.1, 0.15) is 64.6 Å². The van der Waals surface area contributed by atoms with E-state index in [1.165, 1.54) is 25.7 Å². The lowest BCUT2D eigenvalue weighted by Crippen LogP contribution is -2.57. The second kappa shape index (κ2) is 8.24. The lowest BCUT2D eigenvalue weighted by atomic mass is 9.49. The second-order valence-corrected chi connectivity index (χ2v) is 11.8. The Morgan fingerprint density at radius 2 is 1.68 bits per heavy atom. The van der Waals surface area contributed by atoms with Gasteiger partial charge >= 0.3 is 0 Å². The molecule has 1 aromatic heterocycles. The van der Waals surface area contributed by atoms with Crippen LogP contribution in [0.25, 0.3) is 11.3 Å². The van der Waals surface area contributed by atoms with Crippen molar-refractivity contribution in [3.05, 3.63) is 36.3 Å². The molecule has 5 aliphatic rings. The highest BCUT2D eigenvalue weighted by Gasteiger charge is 2.55. The van der Waals surface area contributed by atoms with Gasteiger partial charge in [-0.15, -0.1) is 0 Å². The topological polar surface area (TPSA) is 76.0 Å². The molecule has 2 amide bonds. The number of aromatic nitrogens is 2. The molecule has 6 nitrogen and oxygen atoms in total. The zero-order chi connectivity index (χ0) is 23.4. The summed E-state index contributed by atoms with van der Waals surface area (Å²) in [7, 11) is 0. The Kier molecular flexibility index (Phi) is 5.30. The molecular weight excluding hydrogens is 424 g/mol. The summed E-state index contributed by atoms with van der Waals surface area (Å²) in [5.74, 6) is 3.27. The van der Waals surface area contributed by atoms with Crippen LogP contribution in [0.2, 0.25) is 0 Å². The smallest absolute Gasteiger partial charge is 0.247 e. The summed E-state index contributed by atoms with van der Waals surface area (Å²) < 4.78 is 2.23. The largest absolute Gasteiger partial charge is 0.344 e. The molecule has 0 saturated heterocycles. The molecule has 34 heavy (non-hydrogen) atoms. The van der Waals surface area contributed by atoms with E-state index >= 15 is 0 Å². The van der Waals surface area contributed by atoms with E-state index in [4.69, 9.17) is 4.98 Å². The third-order valence-corrected chi connectivity index (χ3v) is 8.86. The Morgan fingerprint density at radius 3 is 2.26 bits per heavy atom. The summed E-state index contributed by atoms with van der Waals surface area (Å²) in [4.78, 5) is 31.5. The first-order chi connectivity index (χ1) is 16.4. The predicted octanol–water partition coefficient (Wildman–Crippen LogP) is 4.79. The lowest BCUT2D eigenvalue weighted by Gasteiger charge is -2.55. The standard InChI is InChI=1S/C28H36N4O2/c1-17(2)25(31-27(34)28-13-18-10-19(14-28)12-20(11-18)15-28)26(33)29-22-7-5-21(6-8-22)23-16-32-9-3-4-24(32)30-23/h5-8,16-20,25H,3-4,9-15H2,1-2H3,(H,29,33)(H,31,34). The minimum atomic E-state index is -0.531. The molecule has 1 atom stereocenters. The maximum absolute atomic E-state index is 13.5. The van der Waals surface area contributed by atoms with Crippen LogP contribution < -0.4 is 10.6 Å². The van der Waals surface area contributed by atoms with Crippen molar-refractivity contribution in [1.29, 1.82) is 0 Å². The van der Waals surface area contributed by atoms with Crippen molar-refractivity contribution >= 4 is 17.5 Å². The first kappa shape index (κ1) is 21.9. The van der Waals surface area contributed by atoms with Crippen LogP contribution in [0.3, 0.4) is 0 Å². The molecule has 2 aromatic rings. The number of anilines is 1. The predicted molar refractivity (Wildman–Crippen MR) is 132 cm³/mol. The van der Waals surface area contributed by atoms with Crippen molar-refractivity contribution in [3.8, 4) is 11.3 Å². The molecule has 0 radical (unpaired) electrons. The van der Waals surface area contributed by atoms with Crippen LogP contribution >= 0.6 is 0 Å². The van der Waals surface area contributed by atoms with E-state index in [0.717, 1.165) is 55.0 Å². The average molecular weight is 461 g/mol. The van der Waals surface area contributed by atoms with Crippen molar-refractivity contribution in [1.82, 2.24) is 14.9 Å². The number of benzene rings is 1. The molecule has 6 heteroatoms. The fourth-order valence-corrected chi connectivity index (χ4v) is 7.56. The minimum Gasteiger partial charge on any atom is -0.344 e. The number of fused-ring (bicyclic) bond motifs is 1. The van der Waals surface area contributed by atoms with Crippen LogP contribution in [0.5, 0.6) is 0 Å². The molecule has 1 unspecified atom stereocenters. The maximum Gasteiger partial charge on any atom is 0.247 e. The number of carbonyl (C=O) groups is 2. The zero-order valence-electron chi connectivity index (χ0n) is 20.3. The fraction of sp³-hybridized carbons (Fsp3) is 0.607. The van der Waals surface area contributed by atoms with Gasteiger partial charge in [-0.05, 0) is 80.8 Å². The van der Waals surface area contributed by atoms with E-state index in [-0.39, 0.29) is 23.1 Å². The van der Waals surface area contributed by atoms with Crippen molar-refractivity contribution in [2.45, 2.75) is 77.8 Å². The van der Waals surface area contributed by atoms with Crippen molar-refractivity contribution in [3.63, 3.8) is 0 Å². The van der Waals surface area contributed by atoms with Gasteiger partial charge in [0.05, 0.1) is 5.69 Å². The average Bonchev–Trinajstić information content (AvgIpc) is 3.39. The summed E-state index contributed by atoms with van der Waals surface area (Å²) in [6, 6.07) is 7.33. The zero-order valence-corrected chi connectivity index (χ0v) is 20.3. The van der Waals surface area contributed by atoms with Crippen LogP contribution in [-0.2, 0) is 22.6 Å². The number of aryl methyl sites for hydroxylation is 2. The molecular formula is C28H36N4O2. The van der Waals surface area contributed by atoms with E-state index in [2.05, 4.69) is 21.4 Å². The highest BCUT2D eigenvalue weighted by Crippen LogP contribution is 2.60. The van der Waals surface area contributed by atoms with Gasteiger partial charge in [-0.3, -0.25) is 9.59 Å². The van der Waals surface area contributed by atoms with Gasteiger partial charge in [0, 0.05) is 35.8 Å². The first-order valence-electron chi connectivity index (χ1n) is 13.2. The molecule has 0 spiro atoms. The van der Waals surface area contributed by atoms with Crippen molar-refractivity contribution in [2.24, 2.45) is 29.1 Å². The summed E-state index contributed by atoms with van der Waals surface area (Å²) in [6.07, 6.45) is 11.3. The number of hydrogen-bond donors (Lipinski definition) is 2. The lowest BCUT2D eigenvalue weighted by molar-refractivity contribution is -0.148. The third kappa shape index (κ3) is 3.85. The normalized spacial score (nSPS) is 29.8. The van der Waals surface area contributed by atoms with Crippen LogP contribution in [0, 0.1) is 29.1 Å². The Hall–Kier alpha value is -2.63. The SMILES string of the molecule is CC(C)C(NC(=O)C12CC3CC(CC(C3)C1)C2)C(=O)Nc1ccc(-c2cn3c(n2)CCC3)cc1. The van der Waals surface area contributed by atoms with Gasteiger partial charge in [0.25, 0.3) is 0 Å². The van der Waals surface area contributed by atoms with Gasteiger partial charge in [0.2, 0.25) is 11.8 Å². The van der Waals surface area contributed by atoms with Crippen LogP contribution in [0.4, 0.5) is 5.69 Å². The molecule has 7 rings (SSSR count). The summed E-state index contributed by atoms with van der Waals surface area (Å²) in [5, 5.41) is 6.23. The quantitative estimate of drug-likeness (QED) is 0.651. The number of carbonyl (C=O) groups excluding carboxylic acids is 2. The van der Waals surface area contributed by atoms with Gasteiger partial charge in [0.15, 0.2) is 0 Å². The number of amides is 2. The van der Waals surface area contributed by atoms with Gasteiger partial charge in [-0.2, -0.15) is 0 Å². The van der Waals surface area contributed by atoms with E-state index in [9.17, 15) is 9.59 Å². The Labute approximate surface area is 201 Å². The number of imidazole rings is 1. The van der Waals surface area contributed by atoms with E-state index in [1.54, 1.807) is 0 Å². The number of hydrogen-bond acceptors (Lipinski definition) is 3. The summed E-state index contributed by atoms with van der Waals surface area (Å²) in [6.45, 7) is 5.05. The van der Waals surface area contributed by atoms with Gasteiger partial charge < -0.3 is 15.2 Å². The van der Waals surface area contributed by atoms with E-state index in [1.807, 2.05) is 38.1 Å². The van der Waals surface area contributed by atoms with Crippen molar-refractivity contribution in [2.75, 3.05) is 5.32 Å². The molecule has 180 valence electrons.